The molecular formula is C20H25N. The van der Waals surface area contributed by atoms with Crippen molar-refractivity contribution < 1.29 is 0 Å². The van der Waals surface area contributed by atoms with Crippen molar-refractivity contribution in [3.05, 3.63) is 59.7 Å². The summed E-state index contributed by atoms with van der Waals surface area (Å²) < 4.78 is 0. The molecule has 0 saturated heterocycles. The Balaban J connectivity index is 1.79. The summed E-state index contributed by atoms with van der Waals surface area (Å²) >= 11 is 0. The summed E-state index contributed by atoms with van der Waals surface area (Å²) in [5.41, 5.74) is 3.04. The number of benzene rings is 2. The van der Waals surface area contributed by atoms with Crippen LogP contribution in [0, 0.1) is 0 Å². The molecule has 1 aliphatic carbocycles. The molecule has 0 spiro atoms. The summed E-state index contributed by atoms with van der Waals surface area (Å²) in [4.78, 5) is 0. The first-order valence-electron chi connectivity index (χ1n) is 8.21. The molecule has 1 nitrogen and oxygen atoms in total. The molecule has 1 unspecified atom stereocenters. The monoisotopic (exact) mass is 279 g/mol. The van der Waals surface area contributed by atoms with E-state index in [9.17, 15) is 0 Å². The molecule has 0 aliphatic heterocycles. The summed E-state index contributed by atoms with van der Waals surface area (Å²) in [6.07, 6.45) is 10.2. The average Bonchev–Trinajstić information content (AvgIpc) is 2.81. The van der Waals surface area contributed by atoms with E-state index in [1.807, 2.05) is 0 Å². The highest BCUT2D eigenvalue weighted by Crippen LogP contribution is 2.23. The number of likely N-dealkylation sites (N-methyl/N-ethyl adjacent to an activating group) is 1. The average molecular weight is 279 g/mol. The van der Waals surface area contributed by atoms with E-state index >= 15 is 0 Å². The van der Waals surface area contributed by atoms with E-state index in [1.54, 1.807) is 5.57 Å². The van der Waals surface area contributed by atoms with Gasteiger partial charge in [-0.2, -0.15) is 0 Å². The lowest BCUT2D eigenvalue weighted by Gasteiger charge is -2.20. The zero-order valence-electron chi connectivity index (χ0n) is 12.9. The number of allylic oxidation sites excluding steroid dienone is 1. The SMILES string of the molecule is CNC(Cc1ccc2ccccc2c1)C1=CCCCCC1. The van der Waals surface area contributed by atoms with Crippen LogP contribution in [0.25, 0.3) is 10.8 Å². The topological polar surface area (TPSA) is 12.0 Å². The van der Waals surface area contributed by atoms with E-state index in [4.69, 9.17) is 0 Å². The Labute approximate surface area is 128 Å². The highest BCUT2D eigenvalue weighted by Gasteiger charge is 2.14. The Kier molecular flexibility index (Phi) is 4.72. The summed E-state index contributed by atoms with van der Waals surface area (Å²) in [5, 5.41) is 6.20. The summed E-state index contributed by atoms with van der Waals surface area (Å²) in [6.45, 7) is 0. The lowest BCUT2D eigenvalue weighted by Crippen LogP contribution is -2.29. The summed E-state index contributed by atoms with van der Waals surface area (Å²) in [7, 11) is 2.09. The molecule has 2 aromatic carbocycles. The Morgan fingerprint density at radius 3 is 2.71 bits per heavy atom. The van der Waals surface area contributed by atoms with Gasteiger partial charge in [-0.15, -0.1) is 0 Å². The fraction of sp³-hybridized carbons (Fsp3) is 0.400. The van der Waals surface area contributed by atoms with Gasteiger partial charge in [-0.1, -0.05) is 60.5 Å². The van der Waals surface area contributed by atoms with Crippen molar-refractivity contribution in [2.75, 3.05) is 7.05 Å². The maximum atomic E-state index is 3.53. The zero-order chi connectivity index (χ0) is 14.5. The smallest absolute Gasteiger partial charge is 0.0317 e. The van der Waals surface area contributed by atoms with Crippen LogP contribution in [-0.2, 0) is 6.42 Å². The Morgan fingerprint density at radius 2 is 1.86 bits per heavy atom. The van der Waals surface area contributed by atoms with Crippen molar-refractivity contribution in [2.24, 2.45) is 0 Å². The number of rotatable bonds is 4. The third-order valence-corrected chi connectivity index (χ3v) is 4.63. The predicted molar refractivity (Wildman–Crippen MR) is 91.7 cm³/mol. The second-order valence-corrected chi connectivity index (χ2v) is 6.11. The van der Waals surface area contributed by atoms with Gasteiger partial charge in [-0.05, 0) is 55.5 Å². The predicted octanol–water partition coefficient (Wildman–Crippen LogP) is 4.86. The molecule has 0 aromatic heterocycles. The number of hydrogen-bond donors (Lipinski definition) is 1. The van der Waals surface area contributed by atoms with Crippen LogP contribution >= 0.6 is 0 Å². The third kappa shape index (κ3) is 3.54. The van der Waals surface area contributed by atoms with Crippen LogP contribution in [0.4, 0.5) is 0 Å². The molecule has 0 bridgehead atoms. The largest absolute Gasteiger partial charge is 0.313 e. The quantitative estimate of drug-likeness (QED) is 0.788. The van der Waals surface area contributed by atoms with Crippen molar-refractivity contribution in [1.29, 1.82) is 0 Å². The fourth-order valence-electron chi connectivity index (χ4n) is 3.38. The number of hydrogen-bond acceptors (Lipinski definition) is 1. The molecule has 21 heavy (non-hydrogen) atoms. The molecular weight excluding hydrogens is 254 g/mol. The van der Waals surface area contributed by atoms with Gasteiger partial charge < -0.3 is 5.32 Å². The first-order chi connectivity index (χ1) is 10.4. The molecule has 1 N–H and O–H groups in total. The van der Waals surface area contributed by atoms with E-state index in [2.05, 4.69) is 60.9 Å². The first kappa shape index (κ1) is 14.3. The van der Waals surface area contributed by atoms with Gasteiger partial charge in [0.2, 0.25) is 0 Å². The standard InChI is InChI=1S/C20H25N/c1-21-20(18-9-4-2-3-5-10-18)15-16-12-13-17-8-6-7-11-19(17)14-16/h6-9,11-14,20-21H,2-5,10,15H2,1H3. The van der Waals surface area contributed by atoms with Gasteiger partial charge in [-0.25, -0.2) is 0 Å². The molecule has 1 heteroatoms. The second-order valence-electron chi connectivity index (χ2n) is 6.11. The highest BCUT2D eigenvalue weighted by atomic mass is 14.9. The lowest BCUT2D eigenvalue weighted by molar-refractivity contribution is 0.597. The van der Waals surface area contributed by atoms with E-state index in [0.717, 1.165) is 6.42 Å². The van der Waals surface area contributed by atoms with Crippen LogP contribution in [0.2, 0.25) is 0 Å². The normalized spacial score (nSPS) is 17.3. The van der Waals surface area contributed by atoms with Crippen molar-refractivity contribution in [3.63, 3.8) is 0 Å². The van der Waals surface area contributed by atoms with Crippen LogP contribution in [0.3, 0.4) is 0 Å². The Hall–Kier alpha value is -1.60. The van der Waals surface area contributed by atoms with Crippen LogP contribution < -0.4 is 5.32 Å². The van der Waals surface area contributed by atoms with E-state index < -0.39 is 0 Å². The first-order valence-corrected chi connectivity index (χ1v) is 8.21. The van der Waals surface area contributed by atoms with Crippen molar-refractivity contribution in [1.82, 2.24) is 5.32 Å². The van der Waals surface area contributed by atoms with Crippen molar-refractivity contribution in [3.8, 4) is 0 Å². The summed E-state index contributed by atoms with van der Waals surface area (Å²) in [6, 6.07) is 16.0. The number of nitrogens with one attached hydrogen (secondary N) is 1. The van der Waals surface area contributed by atoms with Gasteiger partial charge in [-0.3, -0.25) is 0 Å². The second kappa shape index (κ2) is 6.91. The third-order valence-electron chi connectivity index (χ3n) is 4.63. The van der Waals surface area contributed by atoms with Gasteiger partial charge in [0.25, 0.3) is 0 Å². The molecule has 0 radical (unpaired) electrons. The molecule has 3 rings (SSSR count). The van der Waals surface area contributed by atoms with Gasteiger partial charge in [0.1, 0.15) is 0 Å². The van der Waals surface area contributed by atoms with E-state index in [1.165, 1.54) is 48.4 Å². The molecule has 110 valence electrons. The van der Waals surface area contributed by atoms with Gasteiger partial charge in [0.05, 0.1) is 0 Å². The van der Waals surface area contributed by atoms with Crippen LogP contribution in [0.15, 0.2) is 54.1 Å². The number of fused-ring (bicyclic) bond motifs is 1. The van der Waals surface area contributed by atoms with Crippen LogP contribution in [0.5, 0.6) is 0 Å². The summed E-state index contributed by atoms with van der Waals surface area (Å²) in [5.74, 6) is 0. The van der Waals surface area contributed by atoms with Crippen molar-refractivity contribution >= 4 is 10.8 Å². The van der Waals surface area contributed by atoms with Crippen molar-refractivity contribution in [2.45, 2.75) is 44.6 Å². The lowest BCUT2D eigenvalue weighted by atomic mass is 9.94. The maximum Gasteiger partial charge on any atom is 0.0317 e. The molecule has 2 aromatic rings. The molecule has 1 atom stereocenters. The fourth-order valence-corrected chi connectivity index (χ4v) is 3.38. The van der Waals surface area contributed by atoms with Gasteiger partial charge >= 0.3 is 0 Å². The Morgan fingerprint density at radius 1 is 1.00 bits per heavy atom. The van der Waals surface area contributed by atoms with E-state index in [-0.39, 0.29) is 0 Å². The molecule has 0 heterocycles. The minimum absolute atomic E-state index is 0.490. The molecule has 0 amide bonds. The molecule has 0 fully saturated rings. The molecule has 1 aliphatic rings. The van der Waals surface area contributed by atoms with Crippen LogP contribution in [-0.4, -0.2) is 13.1 Å². The van der Waals surface area contributed by atoms with E-state index in [0.29, 0.717) is 6.04 Å². The molecule has 0 saturated carbocycles. The minimum Gasteiger partial charge on any atom is -0.313 e. The van der Waals surface area contributed by atoms with Gasteiger partial charge in [0.15, 0.2) is 0 Å². The Bertz CT molecular complexity index is 627. The van der Waals surface area contributed by atoms with Gasteiger partial charge in [0, 0.05) is 6.04 Å². The highest BCUT2D eigenvalue weighted by molar-refractivity contribution is 5.83. The maximum absolute atomic E-state index is 3.53. The zero-order valence-corrected chi connectivity index (χ0v) is 12.9. The minimum atomic E-state index is 0.490. The van der Waals surface area contributed by atoms with Crippen LogP contribution in [0.1, 0.15) is 37.7 Å².